The van der Waals surface area contributed by atoms with E-state index in [-0.39, 0.29) is 5.75 Å². The molecular weight excluding hydrogens is 290 g/mol. The number of hydrogen-bond donors (Lipinski definition) is 2. The second kappa shape index (κ2) is 7.40. The largest absolute Gasteiger partial charge is 0.434 e. The summed E-state index contributed by atoms with van der Waals surface area (Å²) in [5.41, 5.74) is 1.82. The maximum Gasteiger partial charge on any atom is 0.387 e. The predicted molar refractivity (Wildman–Crippen MR) is 80.1 cm³/mol. The number of rotatable bonds is 5. The first-order valence-corrected chi connectivity index (χ1v) is 6.69. The van der Waals surface area contributed by atoms with E-state index >= 15 is 0 Å². The Morgan fingerprint density at radius 1 is 1.14 bits per heavy atom. The molecule has 22 heavy (non-hydrogen) atoms. The average molecular weight is 306 g/mol. The summed E-state index contributed by atoms with van der Waals surface area (Å²) in [6, 6.07) is 13.6. The molecule has 0 unspecified atom stereocenters. The third kappa shape index (κ3) is 4.44. The van der Waals surface area contributed by atoms with Gasteiger partial charge >= 0.3 is 12.6 Å². The minimum atomic E-state index is -2.90. The number of ether oxygens (including phenoxy) is 1. The Kier molecular flexibility index (Phi) is 5.30. The molecular formula is C16H16F2N2O2. The number of hydrogen-bond acceptors (Lipinski definition) is 2. The van der Waals surface area contributed by atoms with Crippen LogP contribution in [0.3, 0.4) is 0 Å². The zero-order chi connectivity index (χ0) is 15.9. The van der Waals surface area contributed by atoms with Gasteiger partial charge in [0.15, 0.2) is 0 Å². The fourth-order valence-electron chi connectivity index (χ4n) is 1.92. The molecule has 4 nitrogen and oxygen atoms in total. The summed E-state index contributed by atoms with van der Waals surface area (Å²) in [5.74, 6) is 0.0378. The number of halogens is 2. The number of carbonyl (C=O) groups is 1. The van der Waals surface area contributed by atoms with Gasteiger partial charge in [-0.2, -0.15) is 8.78 Å². The molecule has 2 N–H and O–H groups in total. The molecule has 0 aromatic heterocycles. The van der Waals surface area contributed by atoms with E-state index in [0.717, 1.165) is 5.56 Å². The van der Waals surface area contributed by atoms with Crippen LogP contribution in [-0.2, 0) is 6.54 Å². The van der Waals surface area contributed by atoms with E-state index in [0.29, 0.717) is 17.8 Å². The number of anilines is 1. The number of alkyl halides is 2. The Bertz CT molecular complexity index is 633. The van der Waals surface area contributed by atoms with Crippen LogP contribution in [0, 0.1) is 6.92 Å². The van der Waals surface area contributed by atoms with Gasteiger partial charge in [-0.15, -0.1) is 0 Å². The number of nitrogens with one attached hydrogen (secondary N) is 2. The van der Waals surface area contributed by atoms with Crippen molar-refractivity contribution < 1.29 is 18.3 Å². The summed E-state index contributed by atoms with van der Waals surface area (Å²) >= 11 is 0. The van der Waals surface area contributed by atoms with Crippen molar-refractivity contribution in [3.8, 4) is 5.75 Å². The second-order valence-electron chi connectivity index (χ2n) is 4.60. The smallest absolute Gasteiger partial charge is 0.387 e. The molecule has 0 bridgehead atoms. The summed E-state index contributed by atoms with van der Waals surface area (Å²) < 4.78 is 29.0. The molecule has 0 aliphatic heterocycles. The van der Waals surface area contributed by atoms with Crippen LogP contribution in [-0.4, -0.2) is 12.6 Å². The molecule has 0 fully saturated rings. The quantitative estimate of drug-likeness (QED) is 0.879. The van der Waals surface area contributed by atoms with Crippen LogP contribution in [0.15, 0.2) is 48.5 Å². The fraction of sp³-hybridized carbons (Fsp3) is 0.188. The van der Waals surface area contributed by atoms with E-state index in [9.17, 15) is 13.6 Å². The molecule has 0 saturated carbocycles. The van der Waals surface area contributed by atoms with Crippen molar-refractivity contribution in [3.05, 3.63) is 59.7 Å². The highest BCUT2D eigenvalue weighted by Gasteiger charge is 2.11. The molecule has 2 aromatic rings. The topological polar surface area (TPSA) is 50.4 Å². The van der Waals surface area contributed by atoms with Gasteiger partial charge in [-0.3, -0.25) is 0 Å². The molecule has 0 spiro atoms. The molecule has 0 aliphatic rings. The van der Waals surface area contributed by atoms with Crippen LogP contribution in [0.1, 0.15) is 11.1 Å². The van der Waals surface area contributed by atoms with Crippen molar-refractivity contribution >= 4 is 11.7 Å². The Morgan fingerprint density at radius 2 is 1.86 bits per heavy atom. The van der Waals surface area contributed by atoms with Crippen molar-refractivity contribution in [2.24, 2.45) is 0 Å². The molecule has 0 radical (unpaired) electrons. The Morgan fingerprint density at radius 3 is 2.55 bits per heavy atom. The SMILES string of the molecule is Cc1c(NC(=O)NCc2ccccc2)cccc1OC(F)F. The summed E-state index contributed by atoms with van der Waals surface area (Å²) in [6.45, 7) is -0.926. The number of amides is 2. The Balaban J connectivity index is 1.96. The van der Waals surface area contributed by atoms with E-state index in [2.05, 4.69) is 15.4 Å². The minimum Gasteiger partial charge on any atom is -0.434 e. The van der Waals surface area contributed by atoms with Crippen molar-refractivity contribution in [1.82, 2.24) is 5.32 Å². The van der Waals surface area contributed by atoms with E-state index in [1.165, 1.54) is 12.1 Å². The fourth-order valence-corrected chi connectivity index (χ4v) is 1.92. The molecule has 0 atom stereocenters. The maximum absolute atomic E-state index is 12.3. The van der Waals surface area contributed by atoms with Crippen LogP contribution in [0.25, 0.3) is 0 Å². The molecule has 116 valence electrons. The van der Waals surface area contributed by atoms with Crippen molar-refractivity contribution in [1.29, 1.82) is 0 Å². The molecule has 6 heteroatoms. The monoisotopic (exact) mass is 306 g/mol. The highest BCUT2D eigenvalue weighted by molar-refractivity contribution is 5.90. The zero-order valence-corrected chi connectivity index (χ0v) is 12.0. The van der Waals surface area contributed by atoms with E-state index < -0.39 is 12.6 Å². The summed E-state index contributed by atoms with van der Waals surface area (Å²) in [7, 11) is 0. The second-order valence-corrected chi connectivity index (χ2v) is 4.60. The number of carbonyl (C=O) groups excluding carboxylic acids is 1. The van der Waals surface area contributed by atoms with Crippen LogP contribution < -0.4 is 15.4 Å². The Labute approximate surface area is 127 Å². The number of urea groups is 1. The summed E-state index contributed by atoms with van der Waals surface area (Å²) in [6.07, 6.45) is 0. The first-order chi connectivity index (χ1) is 10.6. The highest BCUT2D eigenvalue weighted by atomic mass is 19.3. The standard InChI is InChI=1S/C16H16F2N2O2/c1-11-13(8-5-9-14(11)22-15(17)18)20-16(21)19-10-12-6-3-2-4-7-12/h2-9,15H,10H2,1H3,(H2,19,20,21). The van der Waals surface area contributed by atoms with Gasteiger partial charge in [0.2, 0.25) is 0 Å². The zero-order valence-electron chi connectivity index (χ0n) is 12.0. The highest BCUT2D eigenvalue weighted by Crippen LogP contribution is 2.26. The van der Waals surface area contributed by atoms with Gasteiger partial charge < -0.3 is 15.4 Å². The first-order valence-electron chi connectivity index (χ1n) is 6.69. The predicted octanol–water partition coefficient (Wildman–Crippen LogP) is 3.92. The van der Waals surface area contributed by atoms with E-state index in [1.54, 1.807) is 13.0 Å². The third-order valence-electron chi connectivity index (χ3n) is 3.04. The maximum atomic E-state index is 12.3. The lowest BCUT2D eigenvalue weighted by Crippen LogP contribution is -2.28. The lowest BCUT2D eigenvalue weighted by atomic mass is 10.2. The van der Waals surface area contributed by atoms with E-state index in [1.807, 2.05) is 30.3 Å². The molecule has 0 saturated heterocycles. The van der Waals surface area contributed by atoms with E-state index in [4.69, 9.17) is 0 Å². The van der Waals surface area contributed by atoms with Gasteiger partial charge in [0, 0.05) is 17.8 Å². The van der Waals surface area contributed by atoms with Crippen molar-refractivity contribution in [3.63, 3.8) is 0 Å². The average Bonchev–Trinajstić information content (AvgIpc) is 2.50. The van der Waals surface area contributed by atoms with Gasteiger partial charge in [0.05, 0.1) is 0 Å². The molecule has 2 rings (SSSR count). The Hall–Kier alpha value is -2.63. The van der Waals surface area contributed by atoms with Gasteiger partial charge in [0.25, 0.3) is 0 Å². The summed E-state index contributed by atoms with van der Waals surface area (Å²) in [4.78, 5) is 11.9. The van der Waals surface area contributed by atoms with Crippen LogP contribution in [0.5, 0.6) is 5.75 Å². The lowest BCUT2D eigenvalue weighted by molar-refractivity contribution is -0.0502. The lowest BCUT2D eigenvalue weighted by Gasteiger charge is -2.13. The molecule has 2 amide bonds. The van der Waals surface area contributed by atoms with Crippen molar-refractivity contribution in [2.45, 2.75) is 20.1 Å². The van der Waals surface area contributed by atoms with Crippen LogP contribution in [0.2, 0.25) is 0 Å². The van der Waals surface area contributed by atoms with Gasteiger partial charge in [0.1, 0.15) is 5.75 Å². The minimum absolute atomic E-state index is 0.0378. The van der Waals surface area contributed by atoms with Gasteiger partial charge in [-0.05, 0) is 24.6 Å². The van der Waals surface area contributed by atoms with Gasteiger partial charge in [-0.1, -0.05) is 36.4 Å². The van der Waals surface area contributed by atoms with Crippen LogP contribution >= 0.6 is 0 Å². The summed E-state index contributed by atoms with van der Waals surface area (Å²) in [5, 5.41) is 5.32. The van der Waals surface area contributed by atoms with Crippen LogP contribution in [0.4, 0.5) is 19.3 Å². The first kappa shape index (κ1) is 15.8. The molecule has 2 aromatic carbocycles. The number of benzene rings is 2. The normalized spacial score (nSPS) is 10.4. The van der Waals surface area contributed by atoms with Gasteiger partial charge in [-0.25, -0.2) is 4.79 Å². The molecule has 0 heterocycles. The third-order valence-corrected chi connectivity index (χ3v) is 3.04. The molecule has 0 aliphatic carbocycles. The van der Waals surface area contributed by atoms with Crippen molar-refractivity contribution in [2.75, 3.05) is 5.32 Å².